The first-order valence-electron chi connectivity index (χ1n) is 14.8. The number of carbonyl (C=O) groups excluding carboxylic acids is 2. The number of methoxy groups -OCH3 is 1. The van der Waals surface area contributed by atoms with Gasteiger partial charge in [0.15, 0.2) is 23.7 Å². The maximum Gasteiger partial charge on any atom is 0.410 e. The number of hydrogen-bond acceptors (Lipinski definition) is 9. The van der Waals surface area contributed by atoms with E-state index in [-0.39, 0.29) is 36.3 Å². The highest BCUT2D eigenvalue weighted by Gasteiger charge is 2.55. The van der Waals surface area contributed by atoms with Crippen LogP contribution in [0.4, 0.5) is 9.18 Å². The molecule has 0 radical (unpaired) electrons. The number of halogens is 1. The van der Waals surface area contributed by atoms with E-state index in [1.807, 2.05) is 24.3 Å². The van der Waals surface area contributed by atoms with Crippen LogP contribution in [0.3, 0.4) is 0 Å². The number of benzene rings is 2. The first kappa shape index (κ1) is 31.2. The minimum Gasteiger partial charge on any atom is -0.447 e. The van der Waals surface area contributed by atoms with E-state index in [1.54, 1.807) is 6.07 Å². The lowest BCUT2D eigenvalue weighted by atomic mass is 10.1. The highest BCUT2D eigenvalue weighted by molar-refractivity contribution is 7.89. The number of rotatable bonds is 10. The van der Waals surface area contributed by atoms with Crippen LogP contribution in [0.5, 0.6) is 11.6 Å². The topological polar surface area (TPSA) is 149 Å². The summed E-state index contributed by atoms with van der Waals surface area (Å²) in [6.07, 6.45) is 1.72. The number of sulfonamides is 1. The second-order valence-corrected chi connectivity index (χ2v) is 13.0. The molecule has 3 aliphatic rings. The Balaban J connectivity index is 1.25. The Labute approximate surface area is 259 Å². The number of hydroxylamine groups is 1. The molecular formula is C30H35FN4O9S. The van der Waals surface area contributed by atoms with E-state index in [2.05, 4.69) is 10.5 Å². The largest absolute Gasteiger partial charge is 0.447 e. The number of hydrogen-bond donors (Lipinski definition) is 2. The highest BCUT2D eigenvalue weighted by Crippen LogP contribution is 2.38. The molecule has 2 aromatic carbocycles. The average molecular weight is 647 g/mol. The maximum absolute atomic E-state index is 15.3. The van der Waals surface area contributed by atoms with Gasteiger partial charge in [0.1, 0.15) is 12.6 Å². The van der Waals surface area contributed by atoms with Gasteiger partial charge in [-0.15, -0.1) is 0 Å². The Morgan fingerprint density at radius 1 is 1.09 bits per heavy atom. The zero-order chi connectivity index (χ0) is 31.6. The SMILES string of the molecule is COCCOC(=O)N1C2CC[C@@H]1CN(S(=O)(=O)c1ccc(Oc3cc4ccccc4[nH]3)c(F)c1)[C@H]2C(=O)NOC1CCCCO1. The second kappa shape index (κ2) is 13.3. The minimum absolute atomic E-state index is 0.00150. The van der Waals surface area contributed by atoms with Crippen molar-refractivity contribution >= 4 is 32.9 Å². The van der Waals surface area contributed by atoms with Gasteiger partial charge >= 0.3 is 6.09 Å². The summed E-state index contributed by atoms with van der Waals surface area (Å²) in [4.78, 5) is 36.3. The van der Waals surface area contributed by atoms with E-state index >= 15 is 4.39 Å². The van der Waals surface area contributed by atoms with Gasteiger partial charge in [-0.1, -0.05) is 18.2 Å². The summed E-state index contributed by atoms with van der Waals surface area (Å²) < 4.78 is 66.0. The van der Waals surface area contributed by atoms with Crippen LogP contribution < -0.4 is 10.2 Å². The molecule has 3 saturated heterocycles. The van der Waals surface area contributed by atoms with E-state index in [0.29, 0.717) is 25.9 Å². The third-order valence-electron chi connectivity index (χ3n) is 8.27. The van der Waals surface area contributed by atoms with Crippen molar-refractivity contribution in [3.63, 3.8) is 0 Å². The number of piperazine rings is 1. The van der Waals surface area contributed by atoms with Gasteiger partial charge in [-0.25, -0.2) is 27.9 Å². The van der Waals surface area contributed by atoms with E-state index in [4.69, 9.17) is 23.8 Å². The van der Waals surface area contributed by atoms with Gasteiger partial charge in [-0.2, -0.15) is 4.31 Å². The van der Waals surface area contributed by atoms with Gasteiger partial charge in [0, 0.05) is 49.7 Å². The van der Waals surface area contributed by atoms with Crippen molar-refractivity contribution in [1.29, 1.82) is 0 Å². The molecule has 2 amide bonds. The summed E-state index contributed by atoms with van der Waals surface area (Å²) in [6.45, 7) is 0.450. The number of aromatic nitrogens is 1. The zero-order valence-corrected chi connectivity index (χ0v) is 25.5. The molecule has 2 unspecified atom stereocenters. The summed E-state index contributed by atoms with van der Waals surface area (Å²) in [5, 5.41) is 0.867. The molecule has 2 bridgehead atoms. The van der Waals surface area contributed by atoms with E-state index < -0.39 is 52.3 Å². The van der Waals surface area contributed by atoms with Crippen LogP contribution in [0.15, 0.2) is 53.4 Å². The van der Waals surface area contributed by atoms with Gasteiger partial charge in [0.25, 0.3) is 5.91 Å². The van der Waals surface area contributed by atoms with Gasteiger partial charge in [0.2, 0.25) is 10.0 Å². The number of para-hydroxylation sites is 1. The van der Waals surface area contributed by atoms with E-state index in [1.165, 1.54) is 24.1 Å². The number of H-pyrrole nitrogens is 1. The third-order valence-corrected chi connectivity index (χ3v) is 10.1. The molecule has 3 aromatic rings. The lowest BCUT2D eigenvalue weighted by molar-refractivity contribution is -0.203. The molecule has 0 aliphatic carbocycles. The molecule has 15 heteroatoms. The average Bonchev–Trinajstić information content (AvgIpc) is 3.59. The first-order chi connectivity index (χ1) is 21.8. The lowest BCUT2D eigenvalue weighted by Crippen LogP contribution is -2.66. The monoisotopic (exact) mass is 646 g/mol. The molecule has 4 heterocycles. The normalized spacial score (nSPS) is 23.6. The van der Waals surface area contributed by atoms with Crippen LogP contribution >= 0.6 is 0 Å². The Kier molecular flexibility index (Phi) is 9.23. The number of nitrogens with zero attached hydrogens (tertiary/aromatic N) is 2. The van der Waals surface area contributed by atoms with Crippen molar-refractivity contribution in [2.45, 2.75) is 61.4 Å². The molecule has 4 atom stereocenters. The molecule has 1 aromatic heterocycles. The van der Waals surface area contributed by atoms with E-state index in [9.17, 15) is 18.0 Å². The quantitative estimate of drug-likeness (QED) is 0.249. The van der Waals surface area contributed by atoms with Crippen molar-refractivity contribution in [1.82, 2.24) is 19.7 Å². The Morgan fingerprint density at radius 3 is 2.69 bits per heavy atom. The molecule has 0 saturated carbocycles. The van der Waals surface area contributed by atoms with Gasteiger partial charge in [0.05, 0.1) is 17.5 Å². The Hall–Kier alpha value is -3.76. The second-order valence-electron chi connectivity index (χ2n) is 11.1. The van der Waals surface area contributed by atoms with Crippen molar-refractivity contribution in [3.05, 3.63) is 54.3 Å². The number of nitrogens with one attached hydrogen (secondary N) is 2. The highest BCUT2D eigenvalue weighted by atomic mass is 32.2. The zero-order valence-electron chi connectivity index (χ0n) is 24.6. The predicted octanol–water partition coefficient (Wildman–Crippen LogP) is 3.66. The Morgan fingerprint density at radius 2 is 1.93 bits per heavy atom. The number of carbonyl (C=O) groups is 2. The van der Waals surface area contributed by atoms with Crippen LogP contribution in [0.2, 0.25) is 0 Å². The minimum atomic E-state index is -4.44. The van der Waals surface area contributed by atoms with Crippen molar-refractivity contribution in [2.24, 2.45) is 0 Å². The van der Waals surface area contributed by atoms with Gasteiger partial charge in [-0.3, -0.25) is 9.69 Å². The molecule has 6 rings (SSSR count). The van der Waals surface area contributed by atoms with Crippen LogP contribution in [0.1, 0.15) is 32.1 Å². The van der Waals surface area contributed by atoms with Crippen molar-refractivity contribution < 1.29 is 46.2 Å². The van der Waals surface area contributed by atoms with Crippen LogP contribution in [0.25, 0.3) is 10.9 Å². The molecule has 242 valence electrons. The van der Waals surface area contributed by atoms with E-state index in [0.717, 1.165) is 34.1 Å². The summed E-state index contributed by atoms with van der Waals surface area (Å²) >= 11 is 0. The molecule has 13 nitrogen and oxygen atoms in total. The molecular weight excluding hydrogens is 611 g/mol. The fraction of sp³-hybridized carbons (Fsp3) is 0.467. The predicted molar refractivity (Wildman–Crippen MR) is 157 cm³/mol. The summed E-state index contributed by atoms with van der Waals surface area (Å²) in [7, 11) is -2.97. The molecule has 45 heavy (non-hydrogen) atoms. The van der Waals surface area contributed by atoms with Crippen molar-refractivity contribution in [3.8, 4) is 11.6 Å². The van der Waals surface area contributed by atoms with Gasteiger partial charge in [-0.05, 0) is 49.9 Å². The number of amides is 2. The Bertz CT molecular complexity index is 1610. The molecule has 0 spiro atoms. The third kappa shape index (κ3) is 6.49. The summed E-state index contributed by atoms with van der Waals surface area (Å²) in [5.41, 5.74) is 3.16. The van der Waals surface area contributed by atoms with Crippen LogP contribution in [-0.4, -0.2) is 92.5 Å². The van der Waals surface area contributed by atoms with Gasteiger partial charge < -0.3 is 23.9 Å². The number of ether oxygens (including phenoxy) is 4. The fourth-order valence-electron chi connectivity index (χ4n) is 6.11. The molecule has 3 fully saturated rings. The lowest BCUT2D eigenvalue weighted by Gasteiger charge is -2.44. The number of aromatic amines is 1. The van der Waals surface area contributed by atoms with Crippen LogP contribution in [-0.2, 0) is 33.9 Å². The van der Waals surface area contributed by atoms with Crippen molar-refractivity contribution in [2.75, 3.05) is 33.5 Å². The molecule has 2 N–H and O–H groups in total. The fourth-order valence-corrected chi connectivity index (χ4v) is 7.77. The number of fused-ring (bicyclic) bond motifs is 3. The summed E-state index contributed by atoms with van der Waals surface area (Å²) in [5.74, 6) is -1.57. The first-order valence-corrected chi connectivity index (χ1v) is 16.3. The van der Waals surface area contributed by atoms with Crippen LogP contribution in [0, 0.1) is 5.82 Å². The molecule has 3 aliphatic heterocycles. The standard InChI is InChI=1S/C30H35FN4O9S/c1-40-14-15-42-30(37)35-20-9-11-24(35)28(29(36)33-44-27-8-4-5-13-41-27)34(18-20)45(38,39)21-10-12-25(22(31)17-21)43-26-16-19-6-2-3-7-23(19)32-26/h2-3,6-7,10,12,16-17,20,24,27-28,32H,4-5,8-9,11,13-15,18H2,1H3,(H,33,36)/t20-,24?,27?,28-/m1/s1. The smallest absolute Gasteiger partial charge is 0.410 e. The maximum atomic E-state index is 15.3. The summed E-state index contributed by atoms with van der Waals surface area (Å²) in [6, 6.07) is 9.67.